The molecule has 8 nitrogen and oxygen atoms in total. The number of halogens is 3. The van der Waals surface area contributed by atoms with Crippen LogP contribution in [-0.2, 0) is 10.9 Å². The molecule has 2 heterocycles. The standard InChI is InChI=1S/C21H22F3N5O3S/c1-31-17(30)16-15(7-10-33-16)32-14-6-5-12(21(22,23)24)11-13(14)29-19(26)27-18(25)28-20(29)8-3-2-4-9-20/h5-7,10-11H,2-4,8-9H2,1H3,(H4,25,26,27,28). The second-order valence-corrected chi connectivity index (χ2v) is 8.62. The third-order valence-corrected chi connectivity index (χ3v) is 6.47. The van der Waals surface area contributed by atoms with Gasteiger partial charge < -0.3 is 20.9 Å². The Hall–Kier alpha value is -3.28. The summed E-state index contributed by atoms with van der Waals surface area (Å²) in [7, 11) is 1.23. The third kappa shape index (κ3) is 4.34. The van der Waals surface area contributed by atoms with Crippen molar-refractivity contribution in [2.75, 3.05) is 12.0 Å². The molecule has 0 atom stereocenters. The topological polar surface area (TPSA) is 116 Å². The number of nitrogens with two attached hydrogens (primary N) is 2. The zero-order valence-electron chi connectivity index (χ0n) is 17.7. The van der Waals surface area contributed by atoms with Crippen molar-refractivity contribution in [3.8, 4) is 11.5 Å². The highest BCUT2D eigenvalue weighted by molar-refractivity contribution is 7.12. The molecule has 33 heavy (non-hydrogen) atoms. The summed E-state index contributed by atoms with van der Waals surface area (Å²) in [5.41, 5.74) is 10.3. The molecule has 0 bridgehead atoms. The van der Waals surface area contributed by atoms with Crippen molar-refractivity contribution in [1.29, 1.82) is 0 Å². The molecule has 1 aromatic heterocycles. The van der Waals surface area contributed by atoms with E-state index < -0.39 is 23.4 Å². The molecule has 2 aliphatic rings. The largest absolute Gasteiger partial charge is 0.465 e. The van der Waals surface area contributed by atoms with E-state index in [1.54, 1.807) is 11.4 Å². The monoisotopic (exact) mass is 481 g/mol. The van der Waals surface area contributed by atoms with Gasteiger partial charge in [-0.15, -0.1) is 11.3 Å². The summed E-state index contributed by atoms with van der Waals surface area (Å²) < 4.78 is 51.6. The lowest BCUT2D eigenvalue weighted by Gasteiger charge is -2.46. The Morgan fingerprint density at radius 1 is 1.15 bits per heavy atom. The Balaban J connectivity index is 1.86. The van der Waals surface area contributed by atoms with Crippen LogP contribution in [0.2, 0.25) is 0 Å². The van der Waals surface area contributed by atoms with Crippen LogP contribution in [0.3, 0.4) is 0 Å². The van der Waals surface area contributed by atoms with Crippen LogP contribution in [0.25, 0.3) is 0 Å². The van der Waals surface area contributed by atoms with Gasteiger partial charge in [0.1, 0.15) is 5.66 Å². The SMILES string of the molecule is COC(=O)c1sccc1Oc1ccc(C(F)(F)F)cc1N1C(N)=NC(N)=NC12CCCCC2. The number of benzene rings is 1. The van der Waals surface area contributed by atoms with E-state index in [0.29, 0.717) is 12.8 Å². The van der Waals surface area contributed by atoms with Gasteiger partial charge in [0, 0.05) is 0 Å². The molecule has 0 amide bonds. The molecule has 1 aromatic carbocycles. The Bertz CT molecular complexity index is 1120. The number of ether oxygens (including phenoxy) is 2. The van der Waals surface area contributed by atoms with Crippen LogP contribution in [-0.4, -0.2) is 30.7 Å². The predicted octanol–water partition coefficient (Wildman–Crippen LogP) is 4.46. The van der Waals surface area contributed by atoms with Crippen molar-refractivity contribution in [3.05, 3.63) is 40.1 Å². The average molecular weight is 482 g/mol. The number of alkyl halides is 3. The molecule has 4 N–H and O–H groups in total. The number of nitrogens with zero attached hydrogens (tertiary/aromatic N) is 3. The van der Waals surface area contributed by atoms with Crippen LogP contribution in [0, 0.1) is 0 Å². The number of hydrogen-bond donors (Lipinski definition) is 2. The predicted molar refractivity (Wildman–Crippen MR) is 119 cm³/mol. The molecule has 12 heteroatoms. The number of esters is 1. The first kappa shape index (κ1) is 22.9. The Labute approximate surface area is 191 Å². The highest BCUT2D eigenvalue weighted by atomic mass is 32.1. The van der Waals surface area contributed by atoms with E-state index in [0.717, 1.165) is 42.7 Å². The molecule has 1 aliphatic carbocycles. The van der Waals surface area contributed by atoms with E-state index >= 15 is 0 Å². The summed E-state index contributed by atoms with van der Waals surface area (Å²) in [5, 5.41) is 1.62. The van der Waals surface area contributed by atoms with E-state index in [1.807, 2.05) is 0 Å². The highest BCUT2D eigenvalue weighted by Gasteiger charge is 2.44. The van der Waals surface area contributed by atoms with Crippen molar-refractivity contribution in [3.63, 3.8) is 0 Å². The van der Waals surface area contributed by atoms with Gasteiger partial charge in [-0.2, -0.15) is 18.2 Å². The minimum Gasteiger partial charge on any atom is -0.465 e. The minimum absolute atomic E-state index is 0.0223. The molecule has 1 fully saturated rings. The van der Waals surface area contributed by atoms with Gasteiger partial charge in [0.15, 0.2) is 16.4 Å². The average Bonchev–Trinajstić information content (AvgIpc) is 3.21. The van der Waals surface area contributed by atoms with Crippen LogP contribution in [0.1, 0.15) is 47.3 Å². The van der Waals surface area contributed by atoms with Crippen LogP contribution in [0.15, 0.2) is 39.6 Å². The molecular weight excluding hydrogens is 459 g/mol. The van der Waals surface area contributed by atoms with E-state index in [4.69, 9.17) is 20.9 Å². The van der Waals surface area contributed by atoms with Crippen LogP contribution in [0.5, 0.6) is 11.5 Å². The quantitative estimate of drug-likeness (QED) is 0.623. The number of anilines is 1. The number of methoxy groups -OCH3 is 1. The lowest BCUT2D eigenvalue weighted by molar-refractivity contribution is -0.137. The van der Waals surface area contributed by atoms with Gasteiger partial charge in [0.2, 0.25) is 11.9 Å². The molecule has 1 saturated carbocycles. The van der Waals surface area contributed by atoms with Crippen molar-refractivity contribution >= 4 is 34.9 Å². The Kier molecular flexibility index (Phi) is 5.95. The van der Waals surface area contributed by atoms with E-state index in [1.165, 1.54) is 18.1 Å². The zero-order valence-corrected chi connectivity index (χ0v) is 18.5. The molecule has 0 unspecified atom stereocenters. The van der Waals surface area contributed by atoms with Crippen molar-refractivity contribution < 1.29 is 27.4 Å². The van der Waals surface area contributed by atoms with Crippen molar-refractivity contribution in [2.24, 2.45) is 21.5 Å². The van der Waals surface area contributed by atoms with Gasteiger partial charge in [0.25, 0.3) is 0 Å². The summed E-state index contributed by atoms with van der Waals surface area (Å²) in [4.78, 5) is 22.2. The first-order valence-corrected chi connectivity index (χ1v) is 11.1. The summed E-state index contributed by atoms with van der Waals surface area (Å²) in [6.45, 7) is 0. The number of rotatable bonds is 4. The summed E-state index contributed by atoms with van der Waals surface area (Å²) in [6.07, 6.45) is -0.974. The van der Waals surface area contributed by atoms with Gasteiger partial charge in [-0.05, 0) is 55.3 Å². The third-order valence-electron chi connectivity index (χ3n) is 5.60. The lowest BCUT2D eigenvalue weighted by atomic mass is 9.87. The maximum Gasteiger partial charge on any atom is 0.416 e. The van der Waals surface area contributed by atoms with Gasteiger partial charge in [-0.3, -0.25) is 4.90 Å². The molecular formula is C21H22F3N5O3S. The summed E-state index contributed by atoms with van der Waals surface area (Å²) in [6, 6.07) is 4.60. The van der Waals surface area contributed by atoms with Crippen LogP contribution in [0.4, 0.5) is 18.9 Å². The molecule has 0 radical (unpaired) electrons. The Morgan fingerprint density at radius 3 is 2.55 bits per heavy atom. The number of thiophene rings is 1. The first-order valence-electron chi connectivity index (χ1n) is 10.2. The van der Waals surface area contributed by atoms with Gasteiger partial charge in [-0.25, -0.2) is 9.79 Å². The molecule has 1 spiro atoms. The molecule has 1 aliphatic heterocycles. The van der Waals surface area contributed by atoms with E-state index in [-0.39, 0.29) is 34.0 Å². The van der Waals surface area contributed by atoms with Gasteiger partial charge in [0.05, 0.1) is 18.4 Å². The van der Waals surface area contributed by atoms with Crippen LogP contribution >= 0.6 is 11.3 Å². The molecule has 176 valence electrons. The number of hydrogen-bond acceptors (Lipinski definition) is 9. The fourth-order valence-corrected chi connectivity index (χ4v) is 4.90. The van der Waals surface area contributed by atoms with Gasteiger partial charge in [-0.1, -0.05) is 6.42 Å². The smallest absolute Gasteiger partial charge is 0.416 e. The molecule has 4 rings (SSSR count). The fraction of sp³-hybridized carbons (Fsp3) is 0.381. The van der Waals surface area contributed by atoms with E-state index in [2.05, 4.69) is 9.98 Å². The lowest BCUT2D eigenvalue weighted by Crippen LogP contribution is -2.58. The fourth-order valence-electron chi connectivity index (χ4n) is 4.16. The minimum atomic E-state index is -4.60. The second kappa shape index (κ2) is 8.58. The Morgan fingerprint density at radius 2 is 1.88 bits per heavy atom. The van der Waals surface area contributed by atoms with E-state index in [9.17, 15) is 18.0 Å². The zero-order chi connectivity index (χ0) is 23.8. The molecule has 2 aromatic rings. The van der Waals surface area contributed by atoms with Crippen molar-refractivity contribution in [2.45, 2.75) is 43.9 Å². The summed E-state index contributed by atoms with van der Waals surface area (Å²) in [5.74, 6) is -0.502. The van der Waals surface area contributed by atoms with Crippen molar-refractivity contribution in [1.82, 2.24) is 0 Å². The van der Waals surface area contributed by atoms with Gasteiger partial charge >= 0.3 is 12.1 Å². The maximum atomic E-state index is 13.6. The van der Waals surface area contributed by atoms with Crippen LogP contribution < -0.4 is 21.1 Å². The second-order valence-electron chi connectivity index (χ2n) is 7.71. The number of carbonyl (C=O) groups excluding carboxylic acids is 1. The molecule has 0 saturated heterocycles. The highest BCUT2D eigenvalue weighted by Crippen LogP contribution is 2.46. The maximum absolute atomic E-state index is 13.6. The normalized spacial score (nSPS) is 18.0. The number of carbonyl (C=O) groups is 1. The number of aliphatic imine (C=N–C) groups is 2. The summed E-state index contributed by atoms with van der Waals surface area (Å²) >= 11 is 1.09. The number of guanidine groups is 2. The first-order chi connectivity index (χ1) is 15.6.